The van der Waals surface area contributed by atoms with Crippen molar-refractivity contribution >= 4 is 0 Å². The number of nitrogens with two attached hydrogens (primary N) is 1. The van der Waals surface area contributed by atoms with Gasteiger partial charge in [-0.25, -0.2) is 0 Å². The minimum atomic E-state index is 0.371. The molecule has 1 rings (SSSR count). The Bertz CT molecular complexity index is 178. The lowest BCUT2D eigenvalue weighted by atomic mass is 9.89. The van der Waals surface area contributed by atoms with Gasteiger partial charge in [0.2, 0.25) is 0 Å². The second-order valence-corrected chi connectivity index (χ2v) is 5.90. The Kier molecular flexibility index (Phi) is 6.37. The quantitative estimate of drug-likeness (QED) is 0.781. The van der Waals surface area contributed by atoms with Gasteiger partial charge >= 0.3 is 0 Å². The third kappa shape index (κ3) is 5.31. The Morgan fingerprint density at radius 1 is 1.19 bits per heavy atom. The molecule has 1 heterocycles. The van der Waals surface area contributed by atoms with E-state index in [-0.39, 0.29) is 0 Å². The number of likely N-dealkylation sites (tertiary alicyclic amines) is 1. The Morgan fingerprint density at radius 3 is 2.56 bits per heavy atom. The van der Waals surface area contributed by atoms with Gasteiger partial charge in [0, 0.05) is 6.04 Å². The fourth-order valence-corrected chi connectivity index (χ4v) is 2.71. The maximum atomic E-state index is 5.78. The highest BCUT2D eigenvalue weighted by Gasteiger charge is 2.18. The first kappa shape index (κ1) is 14.0. The summed E-state index contributed by atoms with van der Waals surface area (Å²) in [6.45, 7) is 10.7. The van der Waals surface area contributed by atoms with E-state index in [1.165, 1.54) is 51.7 Å². The second kappa shape index (κ2) is 7.29. The zero-order chi connectivity index (χ0) is 12.0. The lowest BCUT2D eigenvalue weighted by Crippen LogP contribution is -2.27. The SMILES string of the molecule is CC(N)CCCN1CCCC(C(C)C)CC1. The lowest BCUT2D eigenvalue weighted by Gasteiger charge is -2.21. The lowest BCUT2D eigenvalue weighted by molar-refractivity contribution is 0.265. The molecule has 0 saturated carbocycles. The molecule has 2 atom stereocenters. The zero-order valence-corrected chi connectivity index (χ0v) is 11.4. The van der Waals surface area contributed by atoms with E-state index in [0.29, 0.717) is 6.04 Å². The molecule has 1 saturated heterocycles. The molecule has 96 valence electrons. The van der Waals surface area contributed by atoms with Gasteiger partial charge in [-0.2, -0.15) is 0 Å². The van der Waals surface area contributed by atoms with Crippen molar-refractivity contribution in [2.24, 2.45) is 17.6 Å². The maximum absolute atomic E-state index is 5.78. The molecule has 1 aliphatic rings. The molecule has 16 heavy (non-hydrogen) atoms. The van der Waals surface area contributed by atoms with Crippen LogP contribution in [0.25, 0.3) is 0 Å². The van der Waals surface area contributed by atoms with Crippen molar-refractivity contribution in [3.05, 3.63) is 0 Å². The molecular weight excluding hydrogens is 196 g/mol. The summed E-state index contributed by atoms with van der Waals surface area (Å²) in [5.41, 5.74) is 5.78. The fraction of sp³-hybridized carbons (Fsp3) is 1.00. The smallest absolute Gasteiger partial charge is 0.00109 e. The molecule has 0 aromatic heterocycles. The third-order valence-electron chi connectivity index (χ3n) is 3.94. The van der Waals surface area contributed by atoms with Crippen LogP contribution in [0.3, 0.4) is 0 Å². The normalized spacial score (nSPS) is 25.7. The first-order chi connectivity index (χ1) is 7.59. The van der Waals surface area contributed by atoms with Crippen LogP contribution in [-0.2, 0) is 0 Å². The number of hydrogen-bond donors (Lipinski definition) is 1. The highest BCUT2D eigenvalue weighted by atomic mass is 15.1. The summed E-state index contributed by atoms with van der Waals surface area (Å²) in [5, 5.41) is 0. The molecule has 2 N–H and O–H groups in total. The summed E-state index contributed by atoms with van der Waals surface area (Å²) < 4.78 is 0. The highest BCUT2D eigenvalue weighted by Crippen LogP contribution is 2.24. The van der Waals surface area contributed by atoms with Gasteiger partial charge in [-0.3, -0.25) is 0 Å². The van der Waals surface area contributed by atoms with Crippen LogP contribution in [-0.4, -0.2) is 30.6 Å². The van der Waals surface area contributed by atoms with Crippen molar-refractivity contribution in [2.45, 2.75) is 58.9 Å². The number of nitrogens with zero attached hydrogens (tertiary/aromatic N) is 1. The topological polar surface area (TPSA) is 29.3 Å². The maximum Gasteiger partial charge on any atom is 0.00109 e. The molecule has 1 fully saturated rings. The van der Waals surface area contributed by atoms with Gasteiger partial charge in [0.05, 0.1) is 0 Å². The van der Waals surface area contributed by atoms with Crippen molar-refractivity contribution in [3.63, 3.8) is 0 Å². The van der Waals surface area contributed by atoms with Crippen LogP contribution in [0.4, 0.5) is 0 Å². The van der Waals surface area contributed by atoms with Crippen molar-refractivity contribution in [1.82, 2.24) is 4.90 Å². The standard InChI is InChI=1S/C14H30N2/c1-12(2)14-7-5-10-16(11-8-14)9-4-6-13(3)15/h12-14H,4-11,15H2,1-3H3. The second-order valence-electron chi connectivity index (χ2n) is 5.90. The summed E-state index contributed by atoms with van der Waals surface area (Å²) in [6, 6.07) is 0.371. The molecule has 0 spiro atoms. The molecule has 0 radical (unpaired) electrons. The van der Waals surface area contributed by atoms with Crippen LogP contribution in [0.2, 0.25) is 0 Å². The molecular formula is C14H30N2. The number of rotatable bonds is 5. The first-order valence-corrected chi connectivity index (χ1v) is 7.07. The predicted molar refractivity (Wildman–Crippen MR) is 71.5 cm³/mol. The Hall–Kier alpha value is -0.0800. The summed E-state index contributed by atoms with van der Waals surface area (Å²) in [6.07, 6.45) is 6.66. The van der Waals surface area contributed by atoms with Gasteiger partial charge in [-0.1, -0.05) is 13.8 Å². The number of hydrogen-bond acceptors (Lipinski definition) is 2. The van der Waals surface area contributed by atoms with Crippen LogP contribution >= 0.6 is 0 Å². The van der Waals surface area contributed by atoms with E-state index in [1.54, 1.807) is 0 Å². The van der Waals surface area contributed by atoms with E-state index in [1.807, 2.05) is 0 Å². The van der Waals surface area contributed by atoms with Crippen LogP contribution in [0.1, 0.15) is 52.9 Å². The average Bonchev–Trinajstić information content (AvgIpc) is 2.42. The molecule has 2 nitrogen and oxygen atoms in total. The average molecular weight is 226 g/mol. The third-order valence-corrected chi connectivity index (χ3v) is 3.94. The van der Waals surface area contributed by atoms with E-state index < -0.39 is 0 Å². The Balaban J connectivity index is 2.20. The molecule has 0 amide bonds. The van der Waals surface area contributed by atoms with Crippen molar-refractivity contribution in [3.8, 4) is 0 Å². The minimum Gasteiger partial charge on any atom is -0.328 e. The van der Waals surface area contributed by atoms with Gasteiger partial charge in [-0.05, 0) is 70.5 Å². The van der Waals surface area contributed by atoms with E-state index in [2.05, 4.69) is 25.7 Å². The van der Waals surface area contributed by atoms with Crippen LogP contribution < -0.4 is 5.73 Å². The Labute approximate surface area is 102 Å². The van der Waals surface area contributed by atoms with Gasteiger partial charge in [0.15, 0.2) is 0 Å². The van der Waals surface area contributed by atoms with E-state index in [9.17, 15) is 0 Å². The van der Waals surface area contributed by atoms with E-state index >= 15 is 0 Å². The van der Waals surface area contributed by atoms with Gasteiger partial charge in [0.1, 0.15) is 0 Å². The summed E-state index contributed by atoms with van der Waals surface area (Å²) in [7, 11) is 0. The molecule has 1 aliphatic heterocycles. The molecule has 2 heteroatoms. The van der Waals surface area contributed by atoms with Crippen molar-refractivity contribution in [2.75, 3.05) is 19.6 Å². The van der Waals surface area contributed by atoms with Gasteiger partial charge in [-0.15, -0.1) is 0 Å². The van der Waals surface area contributed by atoms with Crippen molar-refractivity contribution < 1.29 is 0 Å². The van der Waals surface area contributed by atoms with Crippen LogP contribution in [0, 0.1) is 11.8 Å². The highest BCUT2D eigenvalue weighted by molar-refractivity contribution is 4.72. The fourth-order valence-electron chi connectivity index (χ4n) is 2.71. The summed E-state index contributed by atoms with van der Waals surface area (Å²) >= 11 is 0. The van der Waals surface area contributed by atoms with E-state index in [4.69, 9.17) is 5.73 Å². The zero-order valence-electron chi connectivity index (χ0n) is 11.4. The van der Waals surface area contributed by atoms with E-state index in [0.717, 1.165) is 11.8 Å². The van der Waals surface area contributed by atoms with Crippen molar-refractivity contribution in [1.29, 1.82) is 0 Å². The molecule has 2 unspecified atom stereocenters. The molecule has 0 aromatic carbocycles. The van der Waals surface area contributed by atoms with Gasteiger partial charge in [0.25, 0.3) is 0 Å². The molecule has 0 aromatic rings. The largest absolute Gasteiger partial charge is 0.328 e. The monoisotopic (exact) mass is 226 g/mol. The van der Waals surface area contributed by atoms with Crippen LogP contribution in [0.15, 0.2) is 0 Å². The summed E-state index contributed by atoms with van der Waals surface area (Å²) in [4.78, 5) is 2.64. The van der Waals surface area contributed by atoms with Crippen LogP contribution in [0.5, 0.6) is 0 Å². The summed E-state index contributed by atoms with van der Waals surface area (Å²) in [5.74, 6) is 1.82. The Morgan fingerprint density at radius 2 is 1.94 bits per heavy atom. The first-order valence-electron chi connectivity index (χ1n) is 7.07. The predicted octanol–water partition coefficient (Wildman–Crippen LogP) is 2.87. The minimum absolute atomic E-state index is 0.371. The molecule has 0 bridgehead atoms. The van der Waals surface area contributed by atoms with Gasteiger partial charge < -0.3 is 10.6 Å². The molecule has 0 aliphatic carbocycles.